The SMILES string of the molecule is C=CCCC(=C)C(CC)C(O)O.CCC(C(=O)O)c1ccccc1.[Ni]. The first-order chi connectivity index (χ1) is 11.4. The van der Waals surface area contributed by atoms with Crippen molar-refractivity contribution >= 4 is 5.97 Å². The molecular weight excluding hydrogens is 363 g/mol. The van der Waals surface area contributed by atoms with E-state index in [-0.39, 0.29) is 28.3 Å². The molecule has 2 unspecified atom stereocenters. The number of rotatable bonds is 9. The summed E-state index contributed by atoms with van der Waals surface area (Å²) >= 11 is 0. The molecule has 25 heavy (non-hydrogen) atoms. The van der Waals surface area contributed by atoms with E-state index in [1.165, 1.54) is 0 Å². The van der Waals surface area contributed by atoms with Crippen LogP contribution >= 0.6 is 0 Å². The monoisotopic (exact) mass is 392 g/mol. The van der Waals surface area contributed by atoms with Crippen molar-refractivity contribution in [2.24, 2.45) is 5.92 Å². The second kappa shape index (κ2) is 14.9. The third-order valence-corrected chi connectivity index (χ3v) is 3.90. The quantitative estimate of drug-likeness (QED) is 0.335. The second-order valence-corrected chi connectivity index (χ2v) is 5.62. The largest absolute Gasteiger partial charge is 0.481 e. The maximum absolute atomic E-state index is 10.7. The Hall–Kier alpha value is -1.42. The van der Waals surface area contributed by atoms with Crippen LogP contribution in [0.1, 0.15) is 51.0 Å². The summed E-state index contributed by atoms with van der Waals surface area (Å²) in [5.74, 6) is -1.29. The Bertz CT molecular complexity index is 500. The maximum Gasteiger partial charge on any atom is 0.310 e. The molecule has 1 aromatic carbocycles. The summed E-state index contributed by atoms with van der Waals surface area (Å²) in [5, 5.41) is 26.7. The van der Waals surface area contributed by atoms with Gasteiger partial charge < -0.3 is 15.3 Å². The van der Waals surface area contributed by atoms with Crippen LogP contribution in [0, 0.1) is 5.92 Å². The topological polar surface area (TPSA) is 77.8 Å². The fourth-order valence-corrected chi connectivity index (χ4v) is 2.42. The van der Waals surface area contributed by atoms with E-state index < -0.39 is 12.3 Å². The number of carboxylic acid groups (broad SMARTS) is 1. The van der Waals surface area contributed by atoms with Crippen LogP contribution in [0.15, 0.2) is 55.1 Å². The Morgan fingerprint density at radius 3 is 2.08 bits per heavy atom. The Morgan fingerprint density at radius 2 is 1.72 bits per heavy atom. The molecule has 5 heteroatoms. The van der Waals surface area contributed by atoms with Crippen molar-refractivity contribution in [3.63, 3.8) is 0 Å². The normalized spacial score (nSPS) is 12.2. The van der Waals surface area contributed by atoms with E-state index in [2.05, 4.69) is 13.2 Å². The van der Waals surface area contributed by atoms with Crippen molar-refractivity contribution in [3.8, 4) is 0 Å². The number of carbonyl (C=O) groups is 1. The molecule has 0 heterocycles. The van der Waals surface area contributed by atoms with Crippen molar-refractivity contribution in [3.05, 3.63) is 60.7 Å². The molecule has 0 spiro atoms. The molecule has 0 radical (unpaired) electrons. The van der Waals surface area contributed by atoms with Gasteiger partial charge in [-0.15, -0.1) is 6.58 Å². The third kappa shape index (κ3) is 10.2. The van der Waals surface area contributed by atoms with Crippen LogP contribution < -0.4 is 0 Å². The van der Waals surface area contributed by atoms with Crippen LogP contribution in [0.25, 0.3) is 0 Å². The van der Waals surface area contributed by atoms with E-state index in [1.54, 1.807) is 0 Å². The van der Waals surface area contributed by atoms with Gasteiger partial charge in [-0.3, -0.25) is 4.79 Å². The van der Waals surface area contributed by atoms with E-state index >= 15 is 0 Å². The molecule has 0 aliphatic rings. The number of allylic oxidation sites excluding steroid dienone is 1. The Balaban J connectivity index is 0. The predicted octanol–water partition coefficient (Wildman–Crippen LogP) is 4.11. The summed E-state index contributed by atoms with van der Waals surface area (Å²) in [7, 11) is 0. The summed E-state index contributed by atoms with van der Waals surface area (Å²) in [6, 6.07) is 9.31. The Kier molecular flexibility index (Phi) is 15.4. The number of aliphatic carboxylic acids is 1. The molecule has 0 saturated heterocycles. The van der Waals surface area contributed by atoms with Crippen molar-refractivity contribution in [1.82, 2.24) is 0 Å². The maximum atomic E-state index is 10.7. The van der Waals surface area contributed by atoms with Gasteiger partial charge in [-0.1, -0.05) is 62.4 Å². The molecule has 144 valence electrons. The minimum atomic E-state index is -1.27. The van der Waals surface area contributed by atoms with Gasteiger partial charge in [-0.2, -0.15) is 0 Å². The molecule has 0 saturated carbocycles. The fourth-order valence-electron chi connectivity index (χ4n) is 2.42. The predicted molar refractivity (Wildman–Crippen MR) is 97.7 cm³/mol. The van der Waals surface area contributed by atoms with Crippen LogP contribution in [0.4, 0.5) is 0 Å². The number of aliphatic hydroxyl groups is 2. The van der Waals surface area contributed by atoms with Crippen molar-refractivity contribution in [1.29, 1.82) is 0 Å². The number of aliphatic hydroxyl groups excluding tert-OH is 1. The number of hydrogen-bond acceptors (Lipinski definition) is 3. The van der Waals surface area contributed by atoms with E-state index in [0.29, 0.717) is 12.8 Å². The molecule has 4 nitrogen and oxygen atoms in total. The molecule has 0 aliphatic heterocycles. The average molecular weight is 393 g/mol. The molecular formula is C20H30NiO4. The van der Waals surface area contributed by atoms with Gasteiger partial charge in [-0.05, 0) is 31.2 Å². The Labute approximate surface area is 161 Å². The van der Waals surface area contributed by atoms with Crippen LogP contribution in [0.3, 0.4) is 0 Å². The van der Waals surface area contributed by atoms with Gasteiger partial charge in [0.2, 0.25) is 0 Å². The van der Waals surface area contributed by atoms with Gasteiger partial charge >= 0.3 is 5.97 Å². The summed E-state index contributed by atoms with van der Waals surface area (Å²) in [6.45, 7) is 11.2. The van der Waals surface area contributed by atoms with Crippen molar-refractivity contribution in [2.45, 2.75) is 51.7 Å². The summed E-state index contributed by atoms with van der Waals surface area (Å²) < 4.78 is 0. The van der Waals surface area contributed by atoms with Gasteiger partial charge in [0.15, 0.2) is 6.29 Å². The summed E-state index contributed by atoms with van der Waals surface area (Å²) in [4.78, 5) is 10.7. The van der Waals surface area contributed by atoms with Crippen LogP contribution in [-0.4, -0.2) is 27.6 Å². The van der Waals surface area contributed by atoms with Crippen LogP contribution in [-0.2, 0) is 21.3 Å². The summed E-state index contributed by atoms with van der Waals surface area (Å²) in [6.07, 6.45) is 3.53. The molecule has 2 atom stereocenters. The molecule has 0 aliphatic carbocycles. The molecule has 0 bridgehead atoms. The number of benzene rings is 1. The molecule has 1 rings (SSSR count). The first-order valence-electron chi connectivity index (χ1n) is 8.31. The third-order valence-electron chi connectivity index (χ3n) is 3.90. The molecule has 0 aromatic heterocycles. The van der Waals surface area contributed by atoms with Gasteiger partial charge in [0.05, 0.1) is 5.92 Å². The zero-order valence-electron chi connectivity index (χ0n) is 15.0. The van der Waals surface area contributed by atoms with E-state index in [9.17, 15) is 4.79 Å². The number of hydrogen-bond donors (Lipinski definition) is 3. The average Bonchev–Trinajstić information content (AvgIpc) is 2.55. The Morgan fingerprint density at radius 1 is 1.16 bits per heavy atom. The zero-order valence-corrected chi connectivity index (χ0v) is 16.0. The molecule has 0 amide bonds. The fraction of sp³-hybridized carbons (Fsp3) is 0.450. The van der Waals surface area contributed by atoms with Crippen molar-refractivity contribution < 1.29 is 36.6 Å². The minimum absolute atomic E-state index is 0. The molecule has 3 N–H and O–H groups in total. The first-order valence-corrected chi connectivity index (χ1v) is 8.31. The van der Waals surface area contributed by atoms with E-state index in [0.717, 1.165) is 24.0 Å². The van der Waals surface area contributed by atoms with Gasteiger partial charge in [0.25, 0.3) is 0 Å². The number of carboxylic acids is 1. The first kappa shape index (κ1) is 25.8. The zero-order chi connectivity index (χ0) is 18.5. The van der Waals surface area contributed by atoms with Gasteiger partial charge in [0, 0.05) is 22.4 Å². The minimum Gasteiger partial charge on any atom is -0.481 e. The van der Waals surface area contributed by atoms with Crippen molar-refractivity contribution in [2.75, 3.05) is 0 Å². The summed E-state index contributed by atoms with van der Waals surface area (Å²) in [5.41, 5.74) is 1.78. The standard InChI is InChI=1S/C10H12O2.C10H18O2.Ni/c1-2-9(10(11)12)8-6-4-3-5-7-8;1-4-6-7-8(3)9(5-2)10(11)12;/h3-7,9H,2H2,1H3,(H,11,12);4,9-12H,1,3,5-7H2,2H3;. The molecule has 1 aromatic rings. The van der Waals surface area contributed by atoms with Gasteiger partial charge in [-0.25, -0.2) is 0 Å². The molecule has 0 fully saturated rings. The van der Waals surface area contributed by atoms with Crippen LogP contribution in [0.5, 0.6) is 0 Å². The van der Waals surface area contributed by atoms with E-state index in [1.807, 2.05) is 50.3 Å². The van der Waals surface area contributed by atoms with E-state index in [4.69, 9.17) is 15.3 Å². The van der Waals surface area contributed by atoms with Gasteiger partial charge in [0.1, 0.15) is 0 Å². The second-order valence-electron chi connectivity index (χ2n) is 5.62. The van der Waals surface area contributed by atoms with Crippen LogP contribution in [0.2, 0.25) is 0 Å². The smallest absolute Gasteiger partial charge is 0.310 e.